The predicted molar refractivity (Wildman–Crippen MR) is 85.0 cm³/mol. The average Bonchev–Trinajstić information content (AvgIpc) is 2.46. The van der Waals surface area contributed by atoms with Gasteiger partial charge in [-0.1, -0.05) is 12.1 Å². The molecule has 1 rings (SSSR count). The van der Waals surface area contributed by atoms with Gasteiger partial charge in [0.1, 0.15) is 11.6 Å². The van der Waals surface area contributed by atoms with Crippen LogP contribution in [0, 0.1) is 0 Å². The molecule has 0 aliphatic rings. The van der Waals surface area contributed by atoms with E-state index < -0.39 is 23.7 Å². The van der Waals surface area contributed by atoms with Gasteiger partial charge in [-0.15, -0.1) is 0 Å². The van der Waals surface area contributed by atoms with E-state index in [1.165, 1.54) is 7.11 Å². The van der Waals surface area contributed by atoms with Crippen LogP contribution in [-0.4, -0.2) is 37.2 Å². The van der Waals surface area contributed by atoms with Crippen molar-refractivity contribution < 1.29 is 23.9 Å². The highest BCUT2D eigenvalue weighted by Crippen LogP contribution is 2.12. The van der Waals surface area contributed by atoms with Crippen LogP contribution in [0.25, 0.3) is 0 Å². The van der Waals surface area contributed by atoms with E-state index in [1.54, 1.807) is 45.0 Å². The van der Waals surface area contributed by atoms with E-state index >= 15 is 0 Å². The minimum Gasteiger partial charge on any atom is -0.467 e. The fourth-order valence-corrected chi connectivity index (χ4v) is 1.83. The number of carbonyl (C=O) groups excluding carboxylic acids is 3. The highest BCUT2D eigenvalue weighted by Gasteiger charge is 2.25. The highest BCUT2D eigenvalue weighted by atomic mass is 16.6. The number of anilines is 1. The Labute approximate surface area is 135 Å². The molecule has 0 saturated heterocycles. The van der Waals surface area contributed by atoms with Crippen molar-refractivity contribution in [3.63, 3.8) is 0 Å². The molecule has 0 saturated carbocycles. The Morgan fingerprint density at radius 2 is 1.83 bits per heavy atom. The molecule has 7 heteroatoms. The van der Waals surface area contributed by atoms with Gasteiger partial charge in [0.2, 0.25) is 6.41 Å². The third-order valence-electron chi connectivity index (χ3n) is 2.80. The SMILES string of the molecule is COC(=O)[C@H](Cc1ccc(NC=O)cc1)NC(=O)OC(C)(C)C. The standard InChI is InChI=1S/C16H22N2O5/c1-16(2,3)23-15(21)18-13(14(20)22-4)9-11-5-7-12(8-6-11)17-10-19/h5-8,10,13H,9H2,1-4H3,(H,17,19)(H,18,21)/t13-/m0/s1. The molecule has 7 nitrogen and oxygen atoms in total. The number of benzene rings is 1. The predicted octanol–water partition coefficient (Wildman–Crippen LogP) is 1.86. The number of nitrogens with one attached hydrogen (secondary N) is 2. The van der Waals surface area contributed by atoms with E-state index in [0.29, 0.717) is 12.1 Å². The Morgan fingerprint density at radius 3 is 2.30 bits per heavy atom. The van der Waals surface area contributed by atoms with Gasteiger partial charge in [-0.3, -0.25) is 4.79 Å². The lowest BCUT2D eigenvalue weighted by atomic mass is 10.1. The summed E-state index contributed by atoms with van der Waals surface area (Å²) in [6.45, 7) is 5.20. The number of carbonyl (C=O) groups is 3. The zero-order valence-corrected chi connectivity index (χ0v) is 13.7. The van der Waals surface area contributed by atoms with Gasteiger partial charge in [0.15, 0.2) is 0 Å². The number of esters is 1. The molecular weight excluding hydrogens is 300 g/mol. The van der Waals surface area contributed by atoms with Crippen LogP contribution in [0.15, 0.2) is 24.3 Å². The number of rotatable bonds is 6. The van der Waals surface area contributed by atoms with Gasteiger partial charge < -0.3 is 20.1 Å². The van der Waals surface area contributed by atoms with Crippen molar-refractivity contribution in [1.82, 2.24) is 5.32 Å². The highest BCUT2D eigenvalue weighted by molar-refractivity contribution is 5.81. The van der Waals surface area contributed by atoms with Crippen LogP contribution in [0.5, 0.6) is 0 Å². The molecule has 2 N–H and O–H groups in total. The van der Waals surface area contributed by atoms with Gasteiger partial charge in [-0.25, -0.2) is 9.59 Å². The number of methoxy groups -OCH3 is 1. The lowest BCUT2D eigenvalue weighted by Crippen LogP contribution is -2.45. The maximum absolute atomic E-state index is 11.8. The zero-order chi connectivity index (χ0) is 17.5. The third-order valence-corrected chi connectivity index (χ3v) is 2.80. The quantitative estimate of drug-likeness (QED) is 0.616. The summed E-state index contributed by atoms with van der Waals surface area (Å²) in [5.74, 6) is -0.564. The Bertz CT molecular complexity index is 549. The summed E-state index contributed by atoms with van der Waals surface area (Å²) >= 11 is 0. The Hall–Kier alpha value is -2.57. The van der Waals surface area contributed by atoms with Crippen LogP contribution in [-0.2, 0) is 25.5 Å². The molecule has 0 aliphatic heterocycles. The Kier molecular flexibility index (Phi) is 6.56. The van der Waals surface area contributed by atoms with E-state index in [9.17, 15) is 14.4 Å². The maximum atomic E-state index is 11.8. The molecule has 0 bridgehead atoms. The van der Waals surface area contributed by atoms with Crippen LogP contribution in [0.4, 0.5) is 10.5 Å². The minimum atomic E-state index is -0.861. The van der Waals surface area contributed by atoms with Gasteiger partial charge in [0.25, 0.3) is 0 Å². The molecule has 126 valence electrons. The first-order valence-electron chi connectivity index (χ1n) is 7.11. The summed E-state index contributed by atoms with van der Waals surface area (Å²) in [5, 5.41) is 5.02. The van der Waals surface area contributed by atoms with Crippen molar-refractivity contribution in [2.45, 2.75) is 38.8 Å². The summed E-state index contributed by atoms with van der Waals surface area (Å²) in [7, 11) is 1.25. The van der Waals surface area contributed by atoms with E-state index in [0.717, 1.165) is 5.56 Å². The molecule has 1 aromatic rings. The number of amides is 2. The van der Waals surface area contributed by atoms with Crippen LogP contribution in [0.3, 0.4) is 0 Å². The maximum Gasteiger partial charge on any atom is 0.408 e. The second-order valence-electron chi connectivity index (χ2n) is 5.89. The van der Waals surface area contributed by atoms with E-state index in [1.807, 2.05) is 0 Å². The lowest BCUT2D eigenvalue weighted by molar-refractivity contribution is -0.143. The van der Waals surface area contributed by atoms with Crippen molar-refractivity contribution in [1.29, 1.82) is 0 Å². The molecule has 1 aromatic carbocycles. The van der Waals surface area contributed by atoms with Crippen molar-refractivity contribution in [3.05, 3.63) is 29.8 Å². The van der Waals surface area contributed by atoms with Crippen molar-refractivity contribution >= 4 is 24.2 Å². The number of hydrogen-bond donors (Lipinski definition) is 2. The molecule has 0 heterocycles. The summed E-state index contributed by atoms with van der Waals surface area (Å²) in [6, 6.07) is 6.04. The first-order chi connectivity index (χ1) is 10.7. The molecular formula is C16H22N2O5. The largest absolute Gasteiger partial charge is 0.467 e. The van der Waals surface area contributed by atoms with Crippen LogP contribution in [0.2, 0.25) is 0 Å². The Morgan fingerprint density at radius 1 is 1.22 bits per heavy atom. The molecule has 1 atom stereocenters. The molecule has 23 heavy (non-hydrogen) atoms. The molecule has 0 aliphatic carbocycles. The smallest absolute Gasteiger partial charge is 0.408 e. The normalized spacial score (nSPS) is 12.0. The monoisotopic (exact) mass is 322 g/mol. The van der Waals surface area contributed by atoms with Gasteiger partial charge in [-0.05, 0) is 38.5 Å². The first-order valence-corrected chi connectivity index (χ1v) is 7.11. The molecule has 0 spiro atoms. The third kappa shape index (κ3) is 6.82. The fraction of sp³-hybridized carbons (Fsp3) is 0.438. The number of alkyl carbamates (subject to hydrolysis) is 1. The zero-order valence-electron chi connectivity index (χ0n) is 13.7. The molecule has 0 fully saturated rings. The van der Waals surface area contributed by atoms with Crippen LogP contribution < -0.4 is 10.6 Å². The first kappa shape index (κ1) is 18.5. The fourth-order valence-electron chi connectivity index (χ4n) is 1.83. The number of ether oxygens (including phenoxy) is 2. The summed E-state index contributed by atoms with van der Waals surface area (Å²) in [5.41, 5.74) is 0.777. The average molecular weight is 322 g/mol. The van der Waals surface area contributed by atoms with E-state index in [2.05, 4.69) is 10.6 Å². The van der Waals surface area contributed by atoms with Gasteiger partial charge >= 0.3 is 12.1 Å². The van der Waals surface area contributed by atoms with Crippen LogP contribution in [0.1, 0.15) is 26.3 Å². The van der Waals surface area contributed by atoms with Crippen molar-refractivity contribution in [2.75, 3.05) is 12.4 Å². The second-order valence-corrected chi connectivity index (χ2v) is 5.89. The second kappa shape index (κ2) is 8.17. The molecule has 2 amide bonds. The Balaban J connectivity index is 2.76. The topological polar surface area (TPSA) is 93.7 Å². The molecule has 0 unspecified atom stereocenters. The lowest BCUT2D eigenvalue weighted by Gasteiger charge is -2.22. The van der Waals surface area contributed by atoms with Gasteiger partial charge in [0, 0.05) is 12.1 Å². The molecule has 0 aromatic heterocycles. The van der Waals surface area contributed by atoms with E-state index in [-0.39, 0.29) is 6.42 Å². The summed E-state index contributed by atoms with van der Waals surface area (Å²) in [4.78, 5) is 34.0. The summed E-state index contributed by atoms with van der Waals surface area (Å²) in [6.07, 6.45) is 0.135. The van der Waals surface area contributed by atoms with Gasteiger partial charge in [-0.2, -0.15) is 0 Å². The van der Waals surface area contributed by atoms with Crippen molar-refractivity contribution in [3.8, 4) is 0 Å². The molecule has 0 radical (unpaired) electrons. The van der Waals surface area contributed by atoms with Crippen LogP contribution >= 0.6 is 0 Å². The minimum absolute atomic E-state index is 0.243. The van der Waals surface area contributed by atoms with Crippen molar-refractivity contribution in [2.24, 2.45) is 0 Å². The number of hydrogen-bond acceptors (Lipinski definition) is 5. The van der Waals surface area contributed by atoms with E-state index in [4.69, 9.17) is 9.47 Å². The van der Waals surface area contributed by atoms with Gasteiger partial charge in [0.05, 0.1) is 7.11 Å². The summed E-state index contributed by atoms with van der Waals surface area (Å²) < 4.78 is 9.85.